The van der Waals surface area contributed by atoms with E-state index in [0.29, 0.717) is 33.7 Å². The molecule has 0 spiro atoms. The molecule has 2 aromatic carbocycles. The first-order chi connectivity index (χ1) is 19.7. The average molecular weight is 581 g/mol. The Kier molecular flexibility index (Phi) is 8.72. The molecule has 13 nitrogen and oxygen atoms in total. The number of aromatic amines is 1. The molecular weight excluding hydrogens is 552 g/mol. The number of nitrogens with one attached hydrogen (secondary N) is 2. The molecule has 0 fully saturated rings. The first kappa shape index (κ1) is 28.9. The van der Waals surface area contributed by atoms with Gasteiger partial charge in [-0.25, -0.2) is 0 Å². The van der Waals surface area contributed by atoms with E-state index in [1.54, 1.807) is 37.4 Å². The van der Waals surface area contributed by atoms with E-state index < -0.39 is 36.3 Å². The number of methoxy groups -OCH3 is 2. The molecule has 0 saturated carbocycles. The van der Waals surface area contributed by atoms with Gasteiger partial charge in [-0.1, -0.05) is 18.2 Å². The fraction of sp³-hybridized carbons (Fsp3) is 0.222. The van der Waals surface area contributed by atoms with Crippen LogP contribution in [-0.2, 0) is 14.3 Å². The molecule has 4 aromatic rings. The number of rotatable bonds is 11. The average Bonchev–Trinajstić information content (AvgIpc) is 3.57. The molecule has 1 atom stereocenters. The van der Waals surface area contributed by atoms with E-state index >= 15 is 0 Å². The molecule has 0 aliphatic heterocycles. The van der Waals surface area contributed by atoms with E-state index in [2.05, 4.69) is 14.7 Å². The molecule has 6 N–H and O–H groups in total. The summed E-state index contributed by atoms with van der Waals surface area (Å²) in [6.07, 6.45) is 1.59. The van der Waals surface area contributed by atoms with Crippen LogP contribution in [0.1, 0.15) is 38.7 Å². The van der Waals surface area contributed by atoms with Gasteiger partial charge in [-0.2, -0.15) is 4.37 Å². The van der Waals surface area contributed by atoms with Gasteiger partial charge in [-0.05, 0) is 36.7 Å². The summed E-state index contributed by atoms with van der Waals surface area (Å²) < 4.78 is 19.9. The van der Waals surface area contributed by atoms with Gasteiger partial charge in [0.25, 0.3) is 11.8 Å². The third-order valence-corrected chi connectivity index (χ3v) is 7.01. The number of nitrogens with zero attached hydrogens (tertiary/aromatic N) is 2. The number of hydrogen-bond acceptors (Lipinski definition) is 10. The Hall–Kier alpha value is -5.11. The number of benzene rings is 2. The molecule has 0 aliphatic carbocycles. The number of esters is 1. The number of H-pyrrole nitrogens is 1. The zero-order chi connectivity index (χ0) is 29.7. The normalized spacial score (nSPS) is 11.5. The number of anilines is 2. The lowest BCUT2D eigenvalue weighted by Gasteiger charge is -2.32. The van der Waals surface area contributed by atoms with Crippen molar-refractivity contribution in [3.8, 4) is 11.5 Å². The highest BCUT2D eigenvalue weighted by molar-refractivity contribution is 7.09. The van der Waals surface area contributed by atoms with Gasteiger partial charge in [0.2, 0.25) is 5.91 Å². The number of aromatic nitrogens is 2. The highest BCUT2D eigenvalue weighted by Gasteiger charge is 2.39. The van der Waals surface area contributed by atoms with Gasteiger partial charge in [-0.3, -0.25) is 24.1 Å². The second-order valence-electron chi connectivity index (χ2n) is 8.57. The summed E-state index contributed by atoms with van der Waals surface area (Å²) >= 11 is 0.661. The van der Waals surface area contributed by atoms with Crippen LogP contribution in [0.2, 0.25) is 0 Å². The Bertz CT molecular complexity index is 1610. The smallest absolute Gasteiger partial charge is 0.325 e. The third kappa shape index (κ3) is 5.77. The van der Waals surface area contributed by atoms with Crippen LogP contribution in [0.5, 0.6) is 11.5 Å². The van der Waals surface area contributed by atoms with Crippen molar-refractivity contribution in [1.82, 2.24) is 14.7 Å². The number of hydrogen-bond donors (Lipinski definition) is 4. The van der Waals surface area contributed by atoms with Crippen molar-refractivity contribution in [3.05, 3.63) is 64.8 Å². The third-order valence-electron chi connectivity index (χ3n) is 6.15. The monoisotopic (exact) mass is 580 g/mol. The van der Waals surface area contributed by atoms with Gasteiger partial charge >= 0.3 is 5.97 Å². The van der Waals surface area contributed by atoms with Crippen molar-refractivity contribution >= 4 is 57.5 Å². The maximum absolute atomic E-state index is 14.4. The van der Waals surface area contributed by atoms with Crippen LogP contribution >= 0.6 is 11.5 Å². The lowest BCUT2D eigenvalue weighted by atomic mass is 10.0. The van der Waals surface area contributed by atoms with Gasteiger partial charge in [0.05, 0.1) is 32.2 Å². The van der Waals surface area contributed by atoms with Gasteiger partial charge in [0, 0.05) is 28.7 Å². The fourth-order valence-electron chi connectivity index (χ4n) is 4.28. The van der Waals surface area contributed by atoms with Crippen molar-refractivity contribution in [3.63, 3.8) is 0 Å². The van der Waals surface area contributed by atoms with E-state index in [9.17, 15) is 19.2 Å². The molecule has 14 heteroatoms. The summed E-state index contributed by atoms with van der Waals surface area (Å²) in [6, 6.07) is 10.5. The molecular formula is C27H28N6O7S. The topological polar surface area (TPSA) is 192 Å². The lowest BCUT2D eigenvalue weighted by Crippen LogP contribution is -2.45. The molecule has 41 heavy (non-hydrogen) atoms. The molecule has 0 unspecified atom stereocenters. The summed E-state index contributed by atoms with van der Waals surface area (Å²) in [6.45, 7) is 1.32. The SMILES string of the molecule is CCOC(=O)CNC(=O)[C@@H](c1c[nH]c2ccccc12)N(C(=O)c1snc(C(N)=O)c1N)c1cc(OC)ccc1OC. The Labute approximate surface area is 238 Å². The number of carbonyl (C=O) groups excluding carboxylic acids is 4. The standard InChI is InChI=1S/C27H28N6O7S/c1-4-40-20(34)13-31-26(36)23(16-12-30-17-8-6-5-7-15(16)17)33(18-11-14(38-2)9-10-19(18)39-3)27(37)24-21(28)22(25(29)35)32-41-24/h5-12,23,30H,4,13,28H2,1-3H3,(H2,29,35)(H,31,36)/t23-/m1/s1. The molecule has 0 aliphatic rings. The van der Waals surface area contributed by atoms with Crippen LogP contribution in [0.15, 0.2) is 48.7 Å². The highest BCUT2D eigenvalue weighted by Crippen LogP contribution is 2.41. The van der Waals surface area contributed by atoms with Crippen LogP contribution in [0.25, 0.3) is 10.9 Å². The number of nitrogen functional groups attached to an aromatic ring is 1. The number of carbonyl (C=O) groups is 4. The number of primary amides is 1. The van der Waals surface area contributed by atoms with Gasteiger partial charge in [0.1, 0.15) is 29.0 Å². The molecule has 3 amide bonds. The molecule has 0 bridgehead atoms. The zero-order valence-corrected chi connectivity index (χ0v) is 23.2. The maximum atomic E-state index is 14.4. The molecule has 2 aromatic heterocycles. The van der Waals surface area contributed by atoms with E-state index in [0.717, 1.165) is 4.90 Å². The minimum atomic E-state index is -1.38. The Morgan fingerprint density at radius 1 is 1.12 bits per heavy atom. The second-order valence-corrected chi connectivity index (χ2v) is 9.34. The number of amides is 3. The van der Waals surface area contributed by atoms with E-state index in [1.807, 2.05) is 12.1 Å². The van der Waals surface area contributed by atoms with Crippen LogP contribution in [0, 0.1) is 0 Å². The predicted molar refractivity (Wildman–Crippen MR) is 152 cm³/mol. The first-order valence-corrected chi connectivity index (χ1v) is 13.1. The summed E-state index contributed by atoms with van der Waals surface area (Å²) in [5, 5.41) is 3.21. The van der Waals surface area contributed by atoms with E-state index in [1.165, 1.54) is 20.3 Å². The van der Waals surface area contributed by atoms with Gasteiger partial charge in [-0.15, -0.1) is 0 Å². The minimum absolute atomic E-state index is 0.124. The molecule has 0 radical (unpaired) electrons. The lowest BCUT2D eigenvalue weighted by molar-refractivity contribution is -0.143. The van der Waals surface area contributed by atoms with Crippen LogP contribution < -0.4 is 31.2 Å². The summed E-state index contributed by atoms with van der Waals surface area (Å²) in [5.41, 5.74) is 12.3. The van der Waals surface area contributed by atoms with Gasteiger partial charge < -0.3 is 36.0 Å². The van der Waals surface area contributed by atoms with Gasteiger partial charge in [0.15, 0.2) is 5.69 Å². The Morgan fingerprint density at radius 3 is 2.54 bits per heavy atom. The van der Waals surface area contributed by atoms with Crippen molar-refractivity contribution in [1.29, 1.82) is 0 Å². The minimum Gasteiger partial charge on any atom is -0.497 e. The summed E-state index contributed by atoms with van der Waals surface area (Å²) in [7, 11) is 2.85. The van der Waals surface area contributed by atoms with Crippen LogP contribution in [0.4, 0.5) is 11.4 Å². The number of para-hydroxylation sites is 1. The molecule has 214 valence electrons. The molecule has 4 rings (SSSR count). The second kappa shape index (κ2) is 12.4. The van der Waals surface area contributed by atoms with Crippen molar-refractivity contribution in [2.24, 2.45) is 5.73 Å². The van der Waals surface area contributed by atoms with Crippen molar-refractivity contribution < 1.29 is 33.4 Å². The van der Waals surface area contributed by atoms with E-state index in [-0.39, 0.29) is 34.3 Å². The van der Waals surface area contributed by atoms with Crippen LogP contribution in [0.3, 0.4) is 0 Å². The summed E-state index contributed by atoms with van der Waals surface area (Å²) in [4.78, 5) is 56.5. The largest absolute Gasteiger partial charge is 0.497 e. The Morgan fingerprint density at radius 2 is 1.88 bits per heavy atom. The number of fused-ring (bicyclic) bond motifs is 1. The summed E-state index contributed by atoms with van der Waals surface area (Å²) in [5.74, 6) is -2.48. The van der Waals surface area contributed by atoms with Crippen molar-refractivity contribution in [2.75, 3.05) is 38.0 Å². The quantitative estimate of drug-likeness (QED) is 0.193. The van der Waals surface area contributed by atoms with E-state index in [4.69, 9.17) is 25.7 Å². The number of ether oxygens (including phenoxy) is 3. The maximum Gasteiger partial charge on any atom is 0.325 e. The Balaban J connectivity index is 1.97. The van der Waals surface area contributed by atoms with Crippen molar-refractivity contribution in [2.45, 2.75) is 13.0 Å². The predicted octanol–water partition coefficient (Wildman–Crippen LogP) is 2.39. The molecule has 0 saturated heterocycles. The molecule has 2 heterocycles. The van der Waals surface area contributed by atoms with Crippen LogP contribution in [-0.4, -0.2) is 60.4 Å². The number of nitrogens with two attached hydrogens (primary N) is 2. The highest BCUT2D eigenvalue weighted by atomic mass is 32.1. The zero-order valence-electron chi connectivity index (χ0n) is 22.4. The fourth-order valence-corrected chi connectivity index (χ4v) is 5.02. The first-order valence-electron chi connectivity index (χ1n) is 12.3.